The molecule has 0 heterocycles. The first-order chi connectivity index (χ1) is 6.55. The highest BCUT2D eigenvalue weighted by Crippen LogP contribution is 2.41. The molecule has 1 nitrogen and oxygen atoms in total. The molecule has 0 aromatic heterocycles. The van der Waals surface area contributed by atoms with Crippen LogP contribution < -0.4 is 5.73 Å². The molecule has 0 radical (unpaired) electrons. The first-order valence-electron chi connectivity index (χ1n) is 5.94. The molecule has 0 aromatic rings. The summed E-state index contributed by atoms with van der Waals surface area (Å²) in [4.78, 5) is 0. The second-order valence-electron chi connectivity index (χ2n) is 5.52. The Balaban J connectivity index is 2.69. The summed E-state index contributed by atoms with van der Waals surface area (Å²) in [6.45, 7) is 7.87. The van der Waals surface area contributed by atoms with Crippen molar-refractivity contribution in [1.82, 2.24) is 0 Å². The van der Waals surface area contributed by atoms with E-state index < -0.39 is 0 Å². The van der Waals surface area contributed by atoms with Crippen LogP contribution in [0.3, 0.4) is 0 Å². The molecule has 1 aliphatic rings. The third kappa shape index (κ3) is 3.13. The van der Waals surface area contributed by atoms with Gasteiger partial charge in [-0.3, -0.25) is 0 Å². The summed E-state index contributed by atoms with van der Waals surface area (Å²) in [5.74, 6) is 0.794. The van der Waals surface area contributed by atoms with Crippen molar-refractivity contribution in [3.05, 3.63) is 11.6 Å². The van der Waals surface area contributed by atoms with Gasteiger partial charge < -0.3 is 5.73 Å². The summed E-state index contributed by atoms with van der Waals surface area (Å²) in [6, 6.07) is 0. The number of nitrogens with two attached hydrogens (primary N) is 1. The molecular formula is C13H25N. The minimum atomic E-state index is 0.431. The molecule has 1 heteroatoms. The van der Waals surface area contributed by atoms with Crippen LogP contribution in [-0.4, -0.2) is 6.54 Å². The van der Waals surface area contributed by atoms with Crippen LogP contribution in [0, 0.1) is 11.3 Å². The maximum absolute atomic E-state index is 5.56. The van der Waals surface area contributed by atoms with Gasteiger partial charge in [-0.25, -0.2) is 0 Å². The molecule has 0 bridgehead atoms. The molecule has 2 N–H and O–H groups in total. The molecule has 1 aliphatic carbocycles. The van der Waals surface area contributed by atoms with E-state index >= 15 is 0 Å². The molecule has 0 amide bonds. The Bertz CT molecular complexity index is 198. The van der Waals surface area contributed by atoms with Gasteiger partial charge in [-0.15, -0.1) is 0 Å². The SMILES string of the molecule is CC(C)(C)C1CCCC/C1=C\CCN. The zero-order valence-corrected chi connectivity index (χ0v) is 9.97. The fraction of sp³-hybridized carbons (Fsp3) is 0.846. The second kappa shape index (κ2) is 4.97. The van der Waals surface area contributed by atoms with Crippen LogP contribution in [0.25, 0.3) is 0 Å². The van der Waals surface area contributed by atoms with Crippen molar-refractivity contribution in [3.8, 4) is 0 Å². The normalized spacial score (nSPS) is 26.9. The topological polar surface area (TPSA) is 26.0 Å². The van der Waals surface area contributed by atoms with Crippen molar-refractivity contribution in [1.29, 1.82) is 0 Å². The Hall–Kier alpha value is -0.300. The molecule has 0 aliphatic heterocycles. The molecule has 1 fully saturated rings. The standard InChI is InChI=1S/C13H25N/c1-13(2,3)12-9-5-4-7-11(12)8-6-10-14/h8,12H,4-7,9-10,14H2,1-3H3/b11-8+. The Morgan fingerprint density at radius 3 is 2.64 bits per heavy atom. The van der Waals surface area contributed by atoms with Crippen molar-refractivity contribution >= 4 is 0 Å². The van der Waals surface area contributed by atoms with Gasteiger partial charge in [-0.05, 0) is 43.6 Å². The molecule has 0 saturated heterocycles. The van der Waals surface area contributed by atoms with Crippen molar-refractivity contribution in [3.63, 3.8) is 0 Å². The van der Waals surface area contributed by atoms with Crippen LogP contribution >= 0.6 is 0 Å². The van der Waals surface area contributed by atoms with Crippen molar-refractivity contribution in [2.75, 3.05) is 6.54 Å². The van der Waals surface area contributed by atoms with Crippen LogP contribution in [0.4, 0.5) is 0 Å². The van der Waals surface area contributed by atoms with E-state index in [2.05, 4.69) is 26.8 Å². The molecule has 0 aromatic carbocycles. The maximum Gasteiger partial charge on any atom is -0.00425 e. The first kappa shape index (κ1) is 11.8. The van der Waals surface area contributed by atoms with Crippen LogP contribution in [0.1, 0.15) is 52.9 Å². The van der Waals surface area contributed by atoms with E-state index in [1.165, 1.54) is 25.7 Å². The smallest absolute Gasteiger partial charge is 0.00425 e. The average Bonchev–Trinajstić information content (AvgIpc) is 2.14. The van der Waals surface area contributed by atoms with Gasteiger partial charge in [0.05, 0.1) is 0 Å². The molecule has 82 valence electrons. The summed E-state index contributed by atoms with van der Waals surface area (Å²) in [5.41, 5.74) is 7.66. The highest BCUT2D eigenvalue weighted by molar-refractivity contribution is 5.12. The van der Waals surface area contributed by atoms with Gasteiger partial charge in [-0.1, -0.05) is 38.8 Å². The Morgan fingerprint density at radius 2 is 2.07 bits per heavy atom. The number of rotatable bonds is 2. The van der Waals surface area contributed by atoms with Gasteiger partial charge in [0.2, 0.25) is 0 Å². The summed E-state index contributed by atoms with van der Waals surface area (Å²) < 4.78 is 0. The monoisotopic (exact) mass is 195 g/mol. The summed E-state index contributed by atoms with van der Waals surface area (Å²) >= 11 is 0. The predicted molar refractivity (Wildman–Crippen MR) is 63.2 cm³/mol. The maximum atomic E-state index is 5.56. The average molecular weight is 195 g/mol. The third-order valence-electron chi connectivity index (χ3n) is 3.27. The fourth-order valence-electron chi connectivity index (χ4n) is 2.54. The van der Waals surface area contributed by atoms with Crippen LogP contribution in [-0.2, 0) is 0 Å². The minimum absolute atomic E-state index is 0.431. The third-order valence-corrected chi connectivity index (χ3v) is 3.27. The van der Waals surface area contributed by atoms with E-state index in [1.54, 1.807) is 5.57 Å². The van der Waals surface area contributed by atoms with Crippen molar-refractivity contribution in [2.24, 2.45) is 17.1 Å². The minimum Gasteiger partial charge on any atom is -0.330 e. The van der Waals surface area contributed by atoms with E-state index in [4.69, 9.17) is 5.73 Å². The van der Waals surface area contributed by atoms with Gasteiger partial charge >= 0.3 is 0 Å². The van der Waals surface area contributed by atoms with E-state index in [0.29, 0.717) is 5.41 Å². The summed E-state index contributed by atoms with van der Waals surface area (Å²) in [5, 5.41) is 0. The van der Waals surface area contributed by atoms with Crippen molar-refractivity contribution < 1.29 is 0 Å². The Labute approximate surface area is 88.8 Å². The Kier molecular flexibility index (Phi) is 4.18. The number of hydrogen-bond donors (Lipinski definition) is 1. The molecule has 14 heavy (non-hydrogen) atoms. The Morgan fingerprint density at radius 1 is 1.36 bits per heavy atom. The van der Waals surface area contributed by atoms with E-state index in [0.717, 1.165) is 18.9 Å². The molecule has 1 unspecified atom stereocenters. The largest absolute Gasteiger partial charge is 0.330 e. The van der Waals surface area contributed by atoms with Gasteiger partial charge in [-0.2, -0.15) is 0 Å². The quantitative estimate of drug-likeness (QED) is 0.671. The van der Waals surface area contributed by atoms with Crippen LogP contribution in [0.15, 0.2) is 11.6 Å². The lowest BCUT2D eigenvalue weighted by Gasteiger charge is -2.36. The van der Waals surface area contributed by atoms with Gasteiger partial charge in [0.15, 0.2) is 0 Å². The molecule has 1 saturated carbocycles. The lowest BCUT2D eigenvalue weighted by Crippen LogP contribution is -2.25. The molecule has 1 rings (SSSR count). The highest BCUT2D eigenvalue weighted by Gasteiger charge is 2.29. The van der Waals surface area contributed by atoms with Crippen molar-refractivity contribution in [2.45, 2.75) is 52.9 Å². The fourth-order valence-corrected chi connectivity index (χ4v) is 2.54. The molecule has 1 atom stereocenters. The summed E-state index contributed by atoms with van der Waals surface area (Å²) in [7, 11) is 0. The van der Waals surface area contributed by atoms with E-state index in [-0.39, 0.29) is 0 Å². The summed E-state index contributed by atoms with van der Waals surface area (Å²) in [6.07, 6.45) is 8.92. The zero-order valence-electron chi connectivity index (χ0n) is 9.97. The lowest BCUT2D eigenvalue weighted by molar-refractivity contribution is 0.235. The van der Waals surface area contributed by atoms with Crippen LogP contribution in [0.2, 0.25) is 0 Å². The van der Waals surface area contributed by atoms with E-state index in [9.17, 15) is 0 Å². The first-order valence-corrected chi connectivity index (χ1v) is 5.94. The number of allylic oxidation sites excluding steroid dienone is 1. The predicted octanol–water partition coefficient (Wildman–Crippen LogP) is 3.50. The van der Waals surface area contributed by atoms with E-state index in [1.807, 2.05) is 0 Å². The lowest BCUT2D eigenvalue weighted by atomic mass is 9.69. The number of hydrogen-bond acceptors (Lipinski definition) is 1. The van der Waals surface area contributed by atoms with Gasteiger partial charge in [0.1, 0.15) is 0 Å². The second-order valence-corrected chi connectivity index (χ2v) is 5.52. The van der Waals surface area contributed by atoms with Gasteiger partial charge in [0.25, 0.3) is 0 Å². The van der Waals surface area contributed by atoms with Crippen LogP contribution in [0.5, 0.6) is 0 Å². The molecule has 0 spiro atoms. The van der Waals surface area contributed by atoms with Gasteiger partial charge in [0, 0.05) is 0 Å². The highest BCUT2D eigenvalue weighted by atomic mass is 14.5. The molecular weight excluding hydrogens is 170 g/mol. The zero-order chi connectivity index (χ0) is 10.6.